The van der Waals surface area contributed by atoms with Gasteiger partial charge in [0.1, 0.15) is 17.3 Å². The van der Waals surface area contributed by atoms with Gasteiger partial charge in [-0.15, -0.1) is 0 Å². The Hall–Kier alpha value is -3.39. The summed E-state index contributed by atoms with van der Waals surface area (Å²) in [5, 5.41) is 15.0. The van der Waals surface area contributed by atoms with Gasteiger partial charge in [0, 0.05) is 16.1 Å². The van der Waals surface area contributed by atoms with Crippen LogP contribution in [0.15, 0.2) is 69.2 Å². The number of aryl methyl sites for hydroxylation is 1. The molecule has 0 aliphatic carbocycles. The number of rotatable bonds is 5. The zero-order chi connectivity index (χ0) is 22.1. The molecular formula is C23H19BrN2O5. The summed E-state index contributed by atoms with van der Waals surface area (Å²) < 4.78 is 11.3. The van der Waals surface area contributed by atoms with Crippen molar-refractivity contribution in [3.05, 3.63) is 81.5 Å². The van der Waals surface area contributed by atoms with Crippen LogP contribution < -0.4 is 9.64 Å². The molecule has 2 heterocycles. The van der Waals surface area contributed by atoms with Crippen molar-refractivity contribution in [2.24, 2.45) is 0 Å². The number of aliphatic hydroxyl groups excluding tert-OH is 1. The third-order valence-electron chi connectivity index (χ3n) is 4.91. The zero-order valence-corrected chi connectivity index (χ0v) is 18.4. The number of Topliss-reactive ketones (excluding diaryl/α,β-unsaturated/α-hetero) is 1. The maximum Gasteiger partial charge on any atom is 0.301 e. The molecule has 0 bridgehead atoms. The molecule has 1 amide bonds. The van der Waals surface area contributed by atoms with Crippen molar-refractivity contribution in [3.63, 3.8) is 0 Å². The summed E-state index contributed by atoms with van der Waals surface area (Å²) in [6.07, 6.45) is 0. The molecule has 7 nitrogen and oxygen atoms in total. The Morgan fingerprint density at radius 2 is 1.94 bits per heavy atom. The summed E-state index contributed by atoms with van der Waals surface area (Å²) in [6.45, 7) is 4.08. The van der Waals surface area contributed by atoms with E-state index in [4.69, 9.17) is 9.26 Å². The van der Waals surface area contributed by atoms with Gasteiger partial charge in [0.15, 0.2) is 5.82 Å². The quantitative estimate of drug-likeness (QED) is 0.319. The molecule has 3 aromatic rings. The zero-order valence-electron chi connectivity index (χ0n) is 16.8. The highest BCUT2D eigenvalue weighted by molar-refractivity contribution is 9.10. The normalized spacial score (nSPS) is 17.9. The minimum absolute atomic E-state index is 0.0205. The lowest BCUT2D eigenvalue weighted by molar-refractivity contribution is -0.132. The van der Waals surface area contributed by atoms with Gasteiger partial charge in [-0.25, -0.2) is 0 Å². The number of aliphatic hydroxyl groups is 1. The summed E-state index contributed by atoms with van der Waals surface area (Å²) in [4.78, 5) is 27.3. The molecule has 1 aromatic heterocycles. The van der Waals surface area contributed by atoms with Crippen molar-refractivity contribution in [3.8, 4) is 5.75 Å². The lowest BCUT2D eigenvalue weighted by Crippen LogP contribution is -2.29. The molecule has 4 rings (SSSR count). The summed E-state index contributed by atoms with van der Waals surface area (Å²) >= 11 is 3.43. The molecule has 1 fully saturated rings. The molecule has 0 radical (unpaired) electrons. The van der Waals surface area contributed by atoms with E-state index in [1.165, 1.54) is 4.90 Å². The predicted octanol–water partition coefficient (Wildman–Crippen LogP) is 4.77. The Bertz CT molecular complexity index is 1180. The largest absolute Gasteiger partial charge is 0.507 e. The van der Waals surface area contributed by atoms with Gasteiger partial charge in [0.2, 0.25) is 0 Å². The maximum absolute atomic E-state index is 13.0. The summed E-state index contributed by atoms with van der Waals surface area (Å²) in [6, 6.07) is 14.6. The van der Waals surface area contributed by atoms with E-state index in [9.17, 15) is 14.7 Å². The van der Waals surface area contributed by atoms with E-state index in [2.05, 4.69) is 21.1 Å². The Morgan fingerprint density at radius 1 is 1.19 bits per heavy atom. The second-order valence-corrected chi connectivity index (χ2v) is 7.89. The first kappa shape index (κ1) is 20.9. The van der Waals surface area contributed by atoms with E-state index >= 15 is 0 Å². The van der Waals surface area contributed by atoms with E-state index in [-0.39, 0.29) is 17.2 Å². The summed E-state index contributed by atoms with van der Waals surface area (Å²) in [5.74, 6) is -0.510. The number of hydrogen-bond donors (Lipinski definition) is 1. The van der Waals surface area contributed by atoms with Gasteiger partial charge in [0.25, 0.3) is 5.78 Å². The van der Waals surface area contributed by atoms with Crippen molar-refractivity contribution in [2.75, 3.05) is 11.5 Å². The molecule has 1 aliphatic heterocycles. The molecule has 8 heteroatoms. The van der Waals surface area contributed by atoms with Crippen molar-refractivity contribution in [2.45, 2.75) is 19.9 Å². The van der Waals surface area contributed by atoms with Gasteiger partial charge in [-0.3, -0.25) is 14.5 Å². The number of carbonyl (C=O) groups is 2. The SMILES string of the molecule is CCOc1ccc(/C(O)=C2\C(=O)C(=O)N(c3cc(C)on3)[C@H]2c2cccc(Br)c2)cc1. The van der Waals surface area contributed by atoms with Gasteiger partial charge in [-0.1, -0.05) is 33.2 Å². The van der Waals surface area contributed by atoms with Gasteiger partial charge >= 0.3 is 5.91 Å². The number of ketones is 1. The van der Waals surface area contributed by atoms with Crippen LogP contribution in [0.1, 0.15) is 29.9 Å². The molecule has 0 spiro atoms. The average Bonchev–Trinajstić information content (AvgIpc) is 3.29. The number of benzene rings is 2. The molecule has 0 unspecified atom stereocenters. The first-order chi connectivity index (χ1) is 14.9. The second kappa shape index (κ2) is 8.39. The number of amides is 1. The third kappa shape index (κ3) is 3.86. The lowest BCUT2D eigenvalue weighted by atomic mass is 9.95. The number of anilines is 1. The number of halogens is 1. The highest BCUT2D eigenvalue weighted by Gasteiger charge is 2.48. The maximum atomic E-state index is 13.0. The Kier molecular flexibility index (Phi) is 5.65. The third-order valence-corrected chi connectivity index (χ3v) is 5.40. The fourth-order valence-corrected chi connectivity index (χ4v) is 3.98. The predicted molar refractivity (Wildman–Crippen MR) is 118 cm³/mol. The number of aromatic nitrogens is 1. The summed E-state index contributed by atoms with van der Waals surface area (Å²) in [7, 11) is 0. The minimum atomic E-state index is -0.867. The molecule has 1 N–H and O–H groups in total. The molecule has 1 atom stereocenters. The van der Waals surface area contributed by atoms with E-state index in [0.29, 0.717) is 29.2 Å². The molecule has 1 aliphatic rings. The van der Waals surface area contributed by atoms with Crippen LogP contribution in [-0.4, -0.2) is 28.6 Å². The van der Waals surface area contributed by atoms with Crippen molar-refractivity contribution >= 4 is 39.2 Å². The van der Waals surface area contributed by atoms with Crippen molar-refractivity contribution < 1.29 is 24.0 Å². The van der Waals surface area contributed by atoms with E-state index in [1.807, 2.05) is 13.0 Å². The molecule has 0 saturated carbocycles. The number of carbonyl (C=O) groups excluding carboxylic acids is 2. The first-order valence-electron chi connectivity index (χ1n) is 9.63. The number of ether oxygens (including phenoxy) is 1. The molecule has 1 saturated heterocycles. The monoisotopic (exact) mass is 482 g/mol. The van der Waals surface area contributed by atoms with Crippen LogP contribution in [-0.2, 0) is 9.59 Å². The van der Waals surface area contributed by atoms with Gasteiger partial charge in [-0.2, -0.15) is 0 Å². The lowest BCUT2D eigenvalue weighted by Gasteiger charge is -2.23. The van der Waals surface area contributed by atoms with Crippen LogP contribution in [0, 0.1) is 6.92 Å². The number of nitrogens with zero attached hydrogens (tertiary/aromatic N) is 2. The van der Waals surface area contributed by atoms with E-state index in [1.54, 1.807) is 55.5 Å². The highest BCUT2D eigenvalue weighted by Crippen LogP contribution is 2.42. The molecule has 2 aromatic carbocycles. The number of hydrogen-bond acceptors (Lipinski definition) is 6. The molecule has 158 valence electrons. The van der Waals surface area contributed by atoms with Gasteiger partial charge in [0.05, 0.1) is 18.2 Å². The first-order valence-corrected chi connectivity index (χ1v) is 10.4. The molecule has 31 heavy (non-hydrogen) atoms. The summed E-state index contributed by atoms with van der Waals surface area (Å²) in [5.41, 5.74) is 1.02. The van der Waals surface area contributed by atoms with Gasteiger partial charge < -0.3 is 14.4 Å². The highest BCUT2D eigenvalue weighted by atomic mass is 79.9. The Morgan fingerprint density at radius 3 is 2.55 bits per heavy atom. The van der Waals surface area contributed by atoms with Crippen LogP contribution in [0.3, 0.4) is 0 Å². The minimum Gasteiger partial charge on any atom is -0.507 e. The second-order valence-electron chi connectivity index (χ2n) is 6.98. The average molecular weight is 483 g/mol. The van der Waals surface area contributed by atoms with Crippen LogP contribution in [0.5, 0.6) is 5.75 Å². The Balaban J connectivity index is 1.89. The van der Waals surface area contributed by atoms with E-state index in [0.717, 1.165) is 4.47 Å². The fraction of sp³-hybridized carbons (Fsp3) is 0.174. The van der Waals surface area contributed by atoms with E-state index < -0.39 is 17.7 Å². The van der Waals surface area contributed by atoms with Crippen molar-refractivity contribution in [1.82, 2.24) is 5.16 Å². The van der Waals surface area contributed by atoms with Crippen LogP contribution >= 0.6 is 15.9 Å². The van der Waals surface area contributed by atoms with Crippen molar-refractivity contribution in [1.29, 1.82) is 0 Å². The van der Waals surface area contributed by atoms with Crippen LogP contribution in [0.25, 0.3) is 5.76 Å². The standard InChI is InChI=1S/C23H19BrN2O5/c1-3-30-17-9-7-14(8-10-17)21(27)19-20(15-5-4-6-16(24)12-15)26(23(29)22(19)28)18-11-13(2)31-25-18/h4-12,20,27H,3H2,1-2H3/b21-19+/t20-/m0/s1. The van der Waals surface area contributed by atoms with Crippen LogP contribution in [0.4, 0.5) is 5.82 Å². The topological polar surface area (TPSA) is 92.9 Å². The van der Waals surface area contributed by atoms with Gasteiger partial charge in [-0.05, 0) is 55.8 Å². The molecular weight excluding hydrogens is 464 g/mol. The Labute approximate surface area is 187 Å². The smallest absolute Gasteiger partial charge is 0.301 e. The van der Waals surface area contributed by atoms with Crippen LogP contribution in [0.2, 0.25) is 0 Å². The fourth-order valence-electron chi connectivity index (χ4n) is 3.56.